The second-order valence-corrected chi connectivity index (χ2v) is 6.42. The lowest BCUT2D eigenvalue weighted by Crippen LogP contribution is -2.15. The van der Waals surface area contributed by atoms with Crippen LogP contribution in [0.4, 0.5) is 0 Å². The summed E-state index contributed by atoms with van der Waals surface area (Å²) < 4.78 is 18.3. The lowest BCUT2D eigenvalue weighted by atomic mass is 9.99. The highest BCUT2D eigenvalue weighted by Gasteiger charge is 2.13. The second-order valence-electron chi connectivity index (χ2n) is 2.75. The van der Waals surface area contributed by atoms with Gasteiger partial charge in [0.1, 0.15) is 0 Å². The number of halogens is 2. The van der Waals surface area contributed by atoms with E-state index in [1.165, 1.54) is 0 Å². The highest BCUT2D eigenvalue weighted by atomic mass is 36.0. The van der Waals surface area contributed by atoms with Gasteiger partial charge in [-0.3, -0.25) is 4.79 Å². The van der Waals surface area contributed by atoms with Crippen LogP contribution in [0.2, 0.25) is 0 Å². The Morgan fingerprint density at radius 2 is 1.46 bits per heavy atom. The number of carboxylic acids is 1. The molecule has 0 aliphatic rings. The van der Waals surface area contributed by atoms with E-state index in [2.05, 4.69) is 21.4 Å². The van der Waals surface area contributed by atoms with Gasteiger partial charge in [0.2, 0.25) is 0 Å². The lowest BCUT2D eigenvalue weighted by molar-refractivity contribution is -0.142. The fraction of sp³-hybridized carbons (Fsp3) is 0.833. The average Bonchev–Trinajstić information content (AvgIpc) is 1.81. The summed E-state index contributed by atoms with van der Waals surface area (Å²) in [6.45, 7) is 5.52. The molecular formula is C6H12Cl2O4S. The van der Waals surface area contributed by atoms with Gasteiger partial charge in [0.15, 0.2) is 0 Å². The Morgan fingerprint density at radius 1 is 1.23 bits per heavy atom. The molecule has 0 aliphatic heterocycles. The minimum Gasteiger partial charge on any atom is -0.481 e. The van der Waals surface area contributed by atoms with Gasteiger partial charge in [-0.1, -0.05) is 20.8 Å². The summed E-state index contributed by atoms with van der Waals surface area (Å²) in [4.78, 5) is 10.1. The van der Waals surface area contributed by atoms with Gasteiger partial charge in [-0.25, -0.2) is 0 Å². The normalized spacial score (nSPS) is 13.1. The molecule has 0 spiro atoms. The van der Waals surface area contributed by atoms with Crippen molar-refractivity contribution >= 4 is 35.6 Å². The Morgan fingerprint density at radius 3 is 1.46 bits per heavy atom. The van der Waals surface area contributed by atoms with Crippen LogP contribution >= 0.6 is 21.4 Å². The van der Waals surface area contributed by atoms with Crippen LogP contribution in [-0.4, -0.2) is 19.5 Å². The van der Waals surface area contributed by atoms with Gasteiger partial charge < -0.3 is 5.11 Å². The molecule has 0 fully saturated rings. The Bertz CT molecular complexity index is 239. The standard InChI is InChI=1S/C6H12O2.Cl2O2S/c1-4(2)5(3)6(7)8;1-5(2,3)4/h4-5H,1-3H3,(H,7,8);. The van der Waals surface area contributed by atoms with Gasteiger partial charge in [0, 0.05) is 21.4 Å². The molecule has 7 heteroatoms. The van der Waals surface area contributed by atoms with Crippen molar-refractivity contribution in [2.75, 3.05) is 0 Å². The minimum atomic E-state index is -3.72. The fourth-order valence-electron chi connectivity index (χ4n) is 0.285. The summed E-state index contributed by atoms with van der Waals surface area (Å²) >= 11 is 0. The van der Waals surface area contributed by atoms with Gasteiger partial charge in [-0.15, -0.1) is 0 Å². The predicted octanol–water partition coefficient (Wildman–Crippen LogP) is 2.07. The third-order valence-electron chi connectivity index (χ3n) is 1.39. The molecule has 1 unspecified atom stereocenters. The molecule has 1 N–H and O–H groups in total. The van der Waals surface area contributed by atoms with E-state index in [1.54, 1.807) is 6.92 Å². The van der Waals surface area contributed by atoms with Crippen molar-refractivity contribution in [2.24, 2.45) is 11.8 Å². The number of hydrogen-bond acceptors (Lipinski definition) is 3. The van der Waals surface area contributed by atoms with Crippen LogP contribution in [-0.2, 0) is 13.1 Å². The number of aliphatic carboxylic acids is 1. The van der Waals surface area contributed by atoms with E-state index in [0.29, 0.717) is 0 Å². The molecule has 0 heterocycles. The molecule has 0 amide bonds. The molecule has 0 rings (SSSR count). The van der Waals surface area contributed by atoms with Crippen LogP contribution in [0.5, 0.6) is 0 Å². The number of rotatable bonds is 2. The zero-order chi connectivity index (χ0) is 11.2. The van der Waals surface area contributed by atoms with Crippen LogP contribution in [0.15, 0.2) is 0 Å². The van der Waals surface area contributed by atoms with Crippen molar-refractivity contribution in [3.63, 3.8) is 0 Å². The second kappa shape index (κ2) is 6.45. The molecule has 1 atom stereocenters. The average molecular weight is 251 g/mol. The van der Waals surface area contributed by atoms with Crippen molar-refractivity contribution in [3.8, 4) is 0 Å². The van der Waals surface area contributed by atoms with Gasteiger partial charge in [0.25, 0.3) is 0 Å². The zero-order valence-electron chi connectivity index (χ0n) is 7.49. The molecule has 0 aromatic heterocycles. The van der Waals surface area contributed by atoms with Crippen LogP contribution in [0.1, 0.15) is 20.8 Å². The molecule has 13 heavy (non-hydrogen) atoms. The monoisotopic (exact) mass is 250 g/mol. The Kier molecular flexibility index (Phi) is 7.68. The fourth-order valence-corrected chi connectivity index (χ4v) is 0.285. The summed E-state index contributed by atoms with van der Waals surface area (Å²) in [6, 6.07) is 0. The highest BCUT2D eigenvalue weighted by Crippen LogP contribution is 2.08. The smallest absolute Gasteiger partial charge is 0.317 e. The van der Waals surface area contributed by atoms with Crippen molar-refractivity contribution in [2.45, 2.75) is 20.8 Å². The maximum Gasteiger partial charge on any atom is 0.317 e. The van der Waals surface area contributed by atoms with E-state index in [4.69, 9.17) is 13.5 Å². The molecule has 0 saturated heterocycles. The van der Waals surface area contributed by atoms with E-state index >= 15 is 0 Å². The number of carbonyl (C=O) groups is 1. The van der Waals surface area contributed by atoms with E-state index in [-0.39, 0.29) is 11.8 Å². The maximum atomic E-state index is 10.1. The van der Waals surface area contributed by atoms with Crippen molar-refractivity contribution in [1.29, 1.82) is 0 Å². The third kappa shape index (κ3) is 18.8. The summed E-state index contributed by atoms with van der Waals surface area (Å²) in [7, 11) is 4.81. The van der Waals surface area contributed by atoms with Crippen molar-refractivity contribution in [1.82, 2.24) is 0 Å². The Hall–Kier alpha value is -0.000000000000000111. The Labute approximate surface area is 86.8 Å². The predicted molar refractivity (Wildman–Crippen MR) is 52.3 cm³/mol. The largest absolute Gasteiger partial charge is 0.481 e. The van der Waals surface area contributed by atoms with Gasteiger partial charge in [-0.05, 0) is 5.92 Å². The van der Waals surface area contributed by atoms with Gasteiger partial charge >= 0.3 is 14.2 Å². The molecule has 4 nitrogen and oxygen atoms in total. The van der Waals surface area contributed by atoms with E-state index < -0.39 is 14.2 Å². The molecule has 0 aromatic rings. The third-order valence-corrected chi connectivity index (χ3v) is 1.39. The summed E-state index contributed by atoms with van der Waals surface area (Å²) in [6.07, 6.45) is 0. The molecular weight excluding hydrogens is 239 g/mol. The van der Waals surface area contributed by atoms with Crippen LogP contribution in [0.3, 0.4) is 0 Å². The van der Waals surface area contributed by atoms with Crippen molar-refractivity contribution in [3.05, 3.63) is 0 Å². The molecule has 0 bridgehead atoms. The number of hydrogen-bond donors (Lipinski definition) is 1. The lowest BCUT2D eigenvalue weighted by Gasteiger charge is -2.07. The molecule has 0 aromatic carbocycles. The van der Waals surface area contributed by atoms with E-state index in [0.717, 1.165) is 0 Å². The van der Waals surface area contributed by atoms with Crippen LogP contribution in [0.25, 0.3) is 0 Å². The zero-order valence-corrected chi connectivity index (χ0v) is 9.82. The molecule has 0 saturated carbocycles. The first-order valence-corrected chi connectivity index (χ1v) is 6.56. The highest BCUT2D eigenvalue weighted by molar-refractivity contribution is 8.31. The molecule has 0 aliphatic carbocycles. The Balaban J connectivity index is 0. The molecule has 0 radical (unpaired) electrons. The quantitative estimate of drug-likeness (QED) is 0.762. The van der Waals surface area contributed by atoms with Gasteiger partial charge in [-0.2, -0.15) is 8.42 Å². The maximum absolute atomic E-state index is 10.1. The summed E-state index contributed by atoms with van der Waals surface area (Å²) in [5.74, 6) is -0.678. The van der Waals surface area contributed by atoms with Gasteiger partial charge in [0.05, 0.1) is 5.92 Å². The molecule has 80 valence electrons. The van der Waals surface area contributed by atoms with Crippen LogP contribution in [0, 0.1) is 11.8 Å². The first kappa shape index (κ1) is 15.5. The van der Waals surface area contributed by atoms with Crippen molar-refractivity contribution < 1.29 is 18.3 Å². The topological polar surface area (TPSA) is 71.4 Å². The first-order valence-electron chi connectivity index (χ1n) is 3.42. The number of carboxylic acid groups (broad SMARTS) is 1. The van der Waals surface area contributed by atoms with Crippen LogP contribution < -0.4 is 0 Å². The summed E-state index contributed by atoms with van der Waals surface area (Å²) in [5, 5.41) is 8.35. The first-order chi connectivity index (χ1) is 5.55. The minimum absolute atomic E-state index is 0.213. The van der Waals surface area contributed by atoms with E-state index in [9.17, 15) is 4.79 Å². The summed E-state index contributed by atoms with van der Waals surface area (Å²) in [5.41, 5.74) is 0. The van der Waals surface area contributed by atoms with E-state index in [1.807, 2.05) is 13.8 Å². The SMILES string of the molecule is CC(C)C(C)C(=O)O.O=S(=O)(Cl)Cl.